The van der Waals surface area contributed by atoms with Crippen molar-refractivity contribution in [2.45, 2.75) is 24.9 Å². The maximum absolute atomic E-state index is 3.65. The quantitative estimate of drug-likeness (QED) is 0.845. The molecule has 2 heterocycles. The Hall–Kier alpha value is -1.80. The highest BCUT2D eigenvalue weighted by atomic mass is 15.2. The molecule has 0 saturated carbocycles. The molecule has 1 fully saturated rings. The lowest BCUT2D eigenvalue weighted by molar-refractivity contribution is 0.220. The molecule has 0 spiro atoms. The van der Waals surface area contributed by atoms with Gasteiger partial charge in [0.15, 0.2) is 0 Å². The number of nitrogens with one attached hydrogen (secondary N) is 1. The maximum Gasteiger partial charge on any atom is 0.0625 e. The summed E-state index contributed by atoms with van der Waals surface area (Å²) in [6, 6.07) is 20.8. The molecule has 2 aromatic rings. The molecule has 2 heteroatoms. The molecule has 0 radical (unpaired) electrons. The zero-order chi connectivity index (χ0) is 13.4. The van der Waals surface area contributed by atoms with Crippen molar-refractivity contribution in [3.63, 3.8) is 0 Å². The van der Waals surface area contributed by atoms with Gasteiger partial charge in [-0.1, -0.05) is 48.5 Å². The minimum Gasteiger partial charge on any atom is -0.383 e. The van der Waals surface area contributed by atoms with Crippen molar-refractivity contribution in [2.24, 2.45) is 0 Å². The molecule has 2 aliphatic rings. The van der Waals surface area contributed by atoms with Gasteiger partial charge in [0.25, 0.3) is 0 Å². The zero-order valence-electron chi connectivity index (χ0n) is 11.6. The van der Waals surface area contributed by atoms with Crippen LogP contribution in [0.4, 0.5) is 5.69 Å². The predicted molar refractivity (Wildman–Crippen MR) is 82.9 cm³/mol. The summed E-state index contributed by atoms with van der Waals surface area (Å²) in [4.78, 5) is 2.69. The van der Waals surface area contributed by atoms with Crippen LogP contribution in [0.1, 0.15) is 30.0 Å². The van der Waals surface area contributed by atoms with Gasteiger partial charge in [-0.05, 0) is 36.6 Å². The number of anilines is 1. The van der Waals surface area contributed by atoms with Crippen molar-refractivity contribution >= 4 is 5.69 Å². The van der Waals surface area contributed by atoms with Gasteiger partial charge < -0.3 is 5.32 Å². The molecular weight excluding hydrogens is 244 g/mol. The standard InChI is InChI=1S/C18H20N2/c1-2-7-14(8-3-1)18-16-10-4-5-11-17(16)19-13-15-9-6-12-20(15)18/h1-5,7-8,10-11,15,18-19H,6,9,12-13H2/t15-,18-/m0/s1. The first-order valence-corrected chi connectivity index (χ1v) is 7.57. The van der Waals surface area contributed by atoms with Crippen LogP contribution in [0, 0.1) is 0 Å². The van der Waals surface area contributed by atoms with Crippen LogP contribution in [0.3, 0.4) is 0 Å². The van der Waals surface area contributed by atoms with E-state index in [9.17, 15) is 0 Å². The van der Waals surface area contributed by atoms with Crippen LogP contribution in [-0.2, 0) is 0 Å². The van der Waals surface area contributed by atoms with Gasteiger partial charge in [0.05, 0.1) is 6.04 Å². The Bertz CT molecular complexity index is 593. The zero-order valence-corrected chi connectivity index (χ0v) is 11.6. The van der Waals surface area contributed by atoms with E-state index in [1.807, 2.05) is 0 Å². The molecule has 2 aromatic carbocycles. The van der Waals surface area contributed by atoms with Gasteiger partial charge in [0.1, 0.15) is 0 Å². The minimum absolute atomic E-state index is 0.398. The molecule has 4 rings (SSSR count). The summed E-state index contributed by atoms with van der Waals surface area (Å²) in [7, 11) is 0. The van der Waals surface area contributed by atoms with Crippen molar-refractivity contribution in [3.8, 4) is 0 Å². The van der Waals surface area contributed by atoms with Gasteiger partial charge in [0, 0.05) is 18.3 Å². The summed E-state index contributed by atoms with van der Waals surface area (Å²) in [5.41, 5.74) is 4.13. The fourth-order valence-corrected chi connectivity index (χ4v) is 3.73. The van der Waals surface area contributed by atoms with E-state index in [1.165, 1.54) is 36.2 Å². The SMILES string of the molecule is c1ccc([C@H]2c3ccccc3NC[C@@H]3CCCN32)cc1. The van der Waals surface area contributed by atoms with Gasteiger partial charge >= 0.3 is 0 Å². The number of hydrogen-bond donors (Lipinski definition) is 1. The lowest BCUT2D eigenvalue weighted by Gasteiger charge is -2.31. The Labute approximate surface area is 120 Å². The number of benzene rings is 2. The number of hydrogen-bond acceptors (Lipinski definition) is 2. The molecule has 1 saturated heterocycles. The highest BCUT2D eigenvalue weighted by Gasteiger charge is 2.35. The first-order valence-electron chi connectivity index (χ1n) is 7.57. The second kappa shape index (κ2) is 4.95. The predicted octanol–water partition coefficient (Wildman–Crippen LogP) is 3.67. The largest absolute Gasteiger partial charge is 0.383 e. The van der Waals surface area contributed by atoms with Gasteiger partial charge in [-0.3, -0.25) is 4.90 Å². The summed E-state index contributed by atoms with van der Waals surface area (Å²) >= 11 is 0. The normalized spacial score (nSPS) is 25.4. The number of para-hydroxylation sites is 1. The van der Waals surface area contributed by atoms with Gasteiger partial charge in [-0.25, -0.2) is 0 Å². The molecule has 2 atom stereocenters. The van der Waals surface area contributed by atoms with Crippen molar-refractivity contribution in [1.29, 1.82) is 0 Å². The molecule has 2 nitrogen and oxygen atoms in total. The van der Waals surface area contributed by atoms with Crippen LogP contribution < -0.4 is 5.32 Å². The Morgan fingerprint density at radius 1 is 0.950 bits per heavy atom. The van der Waals surface area contributed by atoms with Crippen LogP contribution in [0.5, 0.6) is 0 Å². The number of rotatable bonds is 1. The van der Waals surface area contributed by atoms with Crippen molar-refractivity contribution < 1.29 is 0 Å². The molecule has 2 aliphatic heterocycles. The maximum atomic E-state index is 3.65. The average Bonchev–Trinajstić information content (AvgIpc) is 2.90. The van der Waals surface area contributed by atoms with Crippen molar-refractivity contribution in [1.82, 2.24) is 4.90 Å². The van der Waals surface area contributed by atoms with E-state index in [1.54, 1.807) is 0 Å². The van der Waals surface area contributed by atoms with E-state index in [-0.39, 0.29) is 0 Å². The second-order valence-electron chi connectivity index (χ2n) is 5.82. The number of nitrogens with zero attached hydrogens (tertiary/aromatic N) is 1. The topological polar surface area (TPSA) is 15.3 Å². The van der Waals surface area contributed by atoms with Gasteiger partial charge in [0.2, 0.25) is 0 Å². The van der Waals surface area contributed by atoms with Crippen LogP contribution in [0.2, 0.25) is 0 Å². The summed E-state index contributed by atoms with van der Waals surface area (Å²) in [6.45, 7) is 2.28. The lowest BCUT2D eigenvalue weighted by Crippen LogP contribution is -2.35. The molecule has 0 unspecified atom stereocenters. The van der Waals surface area contributed by atoms with Gasteiger partial charge in [-0.15, -0.1) is 0 Å². The molecule has 0 aromatic heterocycles. The fourth-order valence-electron chi connectivity index (χ4n) is 3.73. The lowest BCUT2D eigenvalue weighted by atomic mass is 9.96. The van der Waals surface area contributed by atoms with Crippen LogP contribution in [0.25, 0.3) is 0 Å². The molecule has 102 valence electrons. The molecule has 0 bridgehead atoms. The van der Waals surface area contributed by atoms with Crippen LogP contribution in [0.15, 0.2) is 54.6 Å². The molecule has 1 N–H and O–H groups in total. The second-order valence-corrected chi connectivity index (χ2v) is 5.82. The van der Waals surface area contributed by atoms with E-state index in [2.05, 4.69) is 64.8 Å². The fraction of sp³-hybridized carbons (Fsp3) is 0.333. The Kier molecular flexibility index (Phi) is 2.96. The van der Waals surface area contributed by atoms with E-state index < -0.39 is 0 Å². The average molecular weight is 264 g/mol. The third-order valence-corrected chi connectivity index (χ3v) is 4.65. The Morgan fingerprint density at radius 3 is 2.65 bits per heavy atom. The Balaban J connectivity index is 1.86. The van der Waals surface area contributed by atoms with E-state index in [0.717, 1.165) is 6.54 Å². The molecule has 20 heavy (non-hydrogen) atoms. The molecule has 0 aliphatic carbocycles. The third-order valence-electron chi connectivity index (χ3n) is 4.65. The monoisotopic (exact) mass is 264 g/mol. The van der Waals surface area contributed by atoms with E-state index >= 15 is 0 Å². The minimum atomic E-state index is 0.398. The first-order chi connectivity index (χ1) is 9.93. The smallest absolute Gasteiger partial charge is 0.0625 e. The third kappa shape index (κ3) is 1.92. The van der Waals surface area contributed by atoms with Crippen LogP contribution in [-0.4, -0.2) is 24.0 Å². The highest BCUT2D eigenvalue weighted by Crippen LogP contribution is 2.39. The summed E-state index contributed by atoms with van der Waals surface area (Å²) in [5, 5.41) is 3.65. The van der Waals surface area contributed by atoms with Gasteiger partial charge in [-0.2, -0.15) is 0 Å². The van der Waals surface area contributed by atoms with Crippen molar-refractivity contribution in [3.05, 3.63) is 65.7 Å². The van der Waals surface area contributed by atoms with Crippen LogP contribution >= 0.6 is 0 Å². The summed E-state index contributed by atoms with van der Waals surface area (Å²) < 4.78 is 0. The van der Waals surface area contributed by atoms with E-state index in [0.29, 0.717) is 12.1 Å². The first kappa shape index (κ1) is 12.0. The van der Waals surface area contributed by atoms with Crippen molar-refractivity contribution in [2.75, 3.05) is 18.4 Å². The molecule has 0 amide bonds. The molecular formula is C18H20N2. The van der Waals surface area contributed by atoms with E-state index in [4.69, 9.17) is 0 Å². The highest BCUT2D eigenvalue weighted by molar-refractivity contribution is 5.56. The summed E-state index contributed by atoms with van der Waals surface area (Å²) in [5.74, 6) is 0. The summed E-state index contributed by atoms with van der Waals surface area (Å²) in [6.07, 6.45) is 2.63. The Morgan fingerprint density at radius 2 is 1.75 bits per heavy atom. The number of fused-ring (bicyclic) bond motifs is 2.